The van der Waals surface area contributed by atoms with Crippen molar-refractivity contribution in [2.75, 3.05) is 7.11 Å². The number of methoxy groups -OCH3 is 1. The number of hydrogen-bond acceptors (Lipinski definition) is 3. The Kier molecular flexibility index (Phi) is 6.70. The standard InChI is InChI=1S/C21H26F4N2O/c1-13-8-14(2)27-16(9-13)12-26-19(21(23,24)25)11-20(3,4)17-10-15(22)6-7-18(17)28-5/h6-10,19,26H,11-12H2,1-5H3. The van der Waals surface area contributed by atoms with Crippen LogP contribution in [-0.4, -0.2) is 24.3 Å². The number of ether oxygens (including phenoxy) is 1. The van der Waals surface area contributed by atoms with Crippen molar-refractivity contribution in [1.29, 1.82) is 0 Å². The Morgan fingerprint density at radius 3 is 2.36 bits per heavy atom. The maximum Gasteiger partial charge on any atom is 0.403 e. The van der Waals surface area contributed by atoms with E-state index in [0.717, 1.165) is 11.3 Å². The molecule has 0 saturated heterocycles. The molecule has 7 heteroatoms. The van der Waals surface area contributed by atoms with Crippen molar-refractivity contribution < 1.29 is 22.3 Å². The third kappa shape index (κ3) is 5.67. The van der Waals surface area contributed by atoms with E-state index in [-0.39, 0.29) is 13.0 Å². The Morgan fingerprint density at radius 2 is 1.79 bits per heavy atom. The van der Waals surface area contributed by atoms with E-state index in [4.69, 9.17) is 4.74 Å². The van der Waals surface area contributed by atoms with Crippen molar-refractivity contribution in [2.45, 2.75) is 58.3 Å². The molecule has 0 spiro atoms. The largest absolute Gasteiger partial charge is 0.496 e. The molecule has 0 saturated carbocycles. The Labute approximate surface area is 163 Å². The summed E-state index contributed by atoms with van der Waals surface area (Å²) in [5.74, 6) is -0.150. The van der Waals surface area contributed by atoms with E-state index in [2.05, 4.69) is 10.3 Å². The molecule has 1 unspecified atom stereocenters. The van der Waals surface area contributed by atoms with Gasteiger partial charge in [-0.3, -0.25) is 4.98 Å². The van der Waals surface area contributed by atoms with Gasteiger partial charge in [0.2, 0.25) is 0 Å². The smallest absolute Gasteiger partial charge is 0.403 e. The summed E-state index contributed by atoms with van der Waals surface area (Å²) < 4.78 is 60.1. The van der Waals surface area contributed by atoms with Crippen LogP contribution in [-0.2, 0) is 12.0 Å². The number of benzene rings is 1. The zero-order chi connectivity index (χ0) is 21.1. The first kappa shape index (κ1) is 22.1. The van der Waals surface area contributed by atoms with Gasteiger partial charge in [0.1, 0.15) is 17.6 Å². The van der Waals surface area contributed by atoms with Gasteiger partial charge >= 0.3 is 6.18 Å². The molecule has 0 aliphatic rings. The van der Waals surface area contributed by atoms with Gasteiger partial charge in [-0.2, -0.15) is 13.2 Å². The van der Waals surface area contributed by atoms with E-state index in [1.165, 1.54) is 25.3 Å². The van der Waals surface area contributed by atoms with Crippen LogP contribution in [0.3, 0.4) is 0 Å². The molecule has 3 nitrogen and oxygen atoms in total. The van der Waals surface area contributed by atoms with Gasteiger partial charge in [-0.05, 0) is 61.6 Å². The van der Waals surface area contributed by atoms with Crippen molar-refractivity contribution in [3.63, 3.8) is 0 Å². The Hall–Kier alpha value is -2.15. The van der Waals surface area contributed by atoms with Gasteiger partial charge in [-0.15, -0.1) is 0 Å². The monoisotopic (exact) mass is 398 g/mol. The molecule has 1 heterocycles. The van der Waals surface area contributed by atoms with Crippen LogP contribution < -0.4 is 10.1 Å². The fourth-order valence-corrected chi connectivity index (χ4v) is 3.38. The number of hydrogen-bond donors (Lipinski definition) is 1. The lowest BCUT2D eigenvalue weighted by Gasteiger charge is -2.33. The summed E-state index contributed by atoms with van der Waals surface area (Å²) >= 11 is 0. The van der Waals surface area contributed by atoms with Crippen molar-refractivity contribution >= 4 is 0 Å². The second kappa shape index (κ2) is 8.47. The predicted octanol–water partition coefficient (Wildman–Crippen LogP) is 5.23. The molecule has 1 aromatic carbocycles. The van der Waals surface area contributed by atoms with Gasteiger partial charge in [0.25, 0.3) is 0 Å². The van der Waals surface area contributed by atoms with Gasteiger partial charge in [-0.25, -0.2) is 4.39 Å². The highest BCUT2D eigenvalue weighted by atomic mass is 19.4. The summed E-state index contributed by atoms with van der Waals surface area (Å²) in [5, 5.41) is 2.59. The summed E-state index contributed by atoms with van der Waals surface area (Å²) in [6.45, 7) is 6.97. The van der Waals surface area contributed by atoms with Gasteiger partial charge in [0, 0.05) is 17.8 Å². The zero-order valence-corrected chi connectivity index (χ0v) is 16.7. The SMILES string of the molecule is COc1ccc(F)cc1C(C)(C)CC(NCc1cc(C)cc(C)n1)C(F)(F)F. The first-order valence-corrected chi connectivity index (χ1v) is 9.00. The summed E-state index contributed by atoms with van der Waals surface area (Å²) in [6, 6.07) is 5.74. The molecule has 0 fully saturated rings. The number of nitrogens with one attached hydrogen (secondary N) is 1. The van der Waals surface area contributed by atoms with Gasteiger partial charge < -0.3 is 10.1 Å². The maximum absolute atomic E-state index is 13.7. The number of rotatable bonds is 7. The summed E-state index contributed by atoms with van der Waals surface area (Å²) in [5.41, 5.74) is 1.67. The normalized spacial score (nSPS) is 13.5. The van der Waals surface area contributed by atoms with Crippen LogP contribution in [0, 0.1) is 19.7 Å². The van der Waals surface area contributed by atoms with E-state index >= 15 is 0 Å². The minimum absolute atomic E-state index is 0.0109. The zero-order valence-electron chi connectivity index (χ0n) is 16.7. The lowest BCUT2D eigenvalue weighted by atomic mass is 9.78. The number of pyridine rings is 1. The Balaban J connectivity index is 2.25. The van der Waals surface area contributed by atoms with E-state index in [0.29, 0.717) is 17.0 Å². The topological polar surface area (TPSA) is 34.1 Å². The first-order valence-electron chi connectivity index (χ1n) is 9.00. The minimum atomic E-state index is -4.46. The molecule has 154 valence electrons. The molecule has 28 heavy (non-hydrogen) atoms. The average molecular weight is 398 g/mol. The van der Waals surface area contributed by atoms with Crippen LogP contribution in [0.2, 0.25) is 0 Å². The van der Waals surface area contributed by atoms with Crippen LogP contribution in [0.25, 0.3) is 0 Å². The maximum atomic E-state index is 13.7. The molecule has 1 atom stereocenters. The van der Waals surface area contributed by atoms with E-state index < -0.39 is 23.5 Å². The fraction of sp³-hybridized carbons (Fsp3) is 0.476. The van der Waals surface area contributed by atoms with Crippen molar-refractivity contribution in [1.82, 2.24) is 10.3 Å². The van der Waals surface area contributed by atoms with Gasteiger partial charge in [0.05, 0.1) is 12.8 Å². The molecule has 0 amide bonds. The number of aryl methyl sites for hydroxylation is 2. The second-order valence-electron chi connectivity index (χ2n) is 7.68. The number of nitrogens with zero attached hydrogens (tertiary/aromatic N) is 1. The van der Waals surface area contributed by atoms with Crippen LogP contribution in [0.15, 0.2) is 30.3 Å². The molecular formula is C21H26F4N2O. The molecule has 1 aromatic heterocycles. The van der Waals surface area contributed by atoms with Crippen LogP contribution in [0.1, 0.15) is 42.8 Å². The summed E-state index contributed by atoms with van der Waals surface area (Å²) in [7, 11) is 1.41. The Morgan fingerprint density at radius 1 is 1.11 bits per heavy atom. The number of alkyl halides is 3. The van der Waals surface area contributed by atoms with E-state index in [1.54, 1.807) is 26.8 Å². The Bertz CT molecular complexity index is 798. The molecule has 2 rings (SSSR count). The third-order valence-electron chi connectivity index (χ3n) is 4.68. The van der Waals surface area contributed by atoms with Crippen LogP contribution in [0.4, 0.5) is 17.6 Å². The van der Waals surface area contributed by atoms with Crippen molar-refractivity contribution in [2.24, 2.45) is 0 Å². The highest BCUT2D eigenvalue weighted by molar-refractivity contribution is 5.39. The summed E-state index contributed by atoms with van der Waals surface area (Å²) in [4.78, 5) is 4.28. The van der Waals surface area contributed by atoms with Crippen molar-refractivity contribution in [3.05, 3.63) is 58.7 Å². The quantitative estimate of drug-likeness (QED) is 0.648. The predicted molar refractivity (Wildman–Crippen MR) is 101 cm³/mol. The number of halogens is 4. The minimum Gasteiger partial charge on any atom is -0.496 e. The molecule has 0 bridgehead atoms. The first-order chi connectivity index (χ1) is 12.9. The molecule has 0 radical (unpaired) electrons. The van der Waals surface area contributed by atoms with Crippen LogP contribution in [0.5, 0.6) is 5.75 Å². The third-order valence-corrected chi connectivity index (χ3v) is 4.68. The number of aromatic nitrogens is 1. The highest BCUT2D eigenvalue weighted by Crippen LogP contribution is 2.38. The van der Waals surface area contributed by atoms with E-state index in [1.807, 2.05) is 13.0 Å². The lowest BCUT2D eigenvalue weighted by Crippen LogP contribution is -2.45. The highest BCUT2D eigenvalue weighted by Gasteiger charge is 2.43. The van der Waals surface area contributed by atoms with Crippen LogP contribution >= 0.6 is 0 Å². The lowest BCUT2D eigenvalue weighted by molar-refractivity contribution is -0.160. The molecular weight excluding hydrogens is 372 g/mol. The van der Waals surface area contributed by atoms with Gasteiger partial charge in [0.15, 0.2) is 0 Å². The molecule has 2 aromatic rings. The molecule has 0 aliphatic carbocycles. The van der Waals surface area contributed by atoms with Gasteiger partial charge in [-0.1, -0.05) is 13.8 Å². The van der Waals surface area contributed by atoms with E-state index in [9.17, 15) is 17.6 Å². The molecule has 0 aliphatic heterocycles. The molecule has 1 N–H and O–H groups in total. The fourth-order valence-electron chi connectivity index (χ4n) is 3.38. The summed E-state index contributed by atoms with van der Waals surface area (Å²) in [6.07, 6.45) is -4.74. The van der Waals surface area contributed by atoms with Crippen molar-refractivity contribution in [3.8, 4) is 5.75 Å². The second-order valence-corrected chi connectivity index (χ2v) is 7.68. The average Bonchev–Trinajstić information content (AvgIpc) is 2.56.